The van der Waals surface area contributed by atoms with E-state index in [-0.39, 0.29) is 0 Å². The molecule has 1 aromatic carbocycles. The molecule has 2 aliphatic rings. The number of rotatable bonds is 10. The van der Waals surface area contributed by atoms with Crippen LogP contribution in [-0.2, 0) is 6.42 Å². The van der Waals surface area contributed by atoms with Gasteiger partial charge in [-0.3, -0.25) is 0 Å². The summed E-state index contributed by atoms with van der Waals surface area (Å²) in [5.74, 6) is -0.0997. The first-order chi connectivity index (χ1) is 15.1. The first kappa shape index (κ1) is 24.4. The van der Waals surface area contributed by atoms with E-state index in [1.807, 2.05) is 0 Å². The van der Waals surface area contributed by atoms with E-state index in [2.05, 4.69) is 19.1 Å². The first-order valence-electron chi connectivity index (χ1n) is 12.8. The highest BCUT2D eigenvalue weighted by Gasteiger charge is 2.30. The Labute approximate surface area is 187 Å². The number of allylic oxidation sites excluding steroid dienone is 2. The summed E-state index contributed by atoms with van der Waals surface area (Å²) in [6.07, 6.45) is 23.6. The third-order valence-electron chi connectivity index (χ3n) is 7.94. The summed E-state index contributed by atoms with van der Waals surface area (Å²) in [6, 6.07) is 2.31. The maximum Gasteiger partial charge on any atom is 0.194 e. The topological polar surface area (TPSA) is 0 Å². The highest BCUT2D eigenvalue weighted by molar-refractivity contribution is 5.19. The maximum atomic E-state index is 13.4. The summed E-state index contributed by atoms with van der Waals surface area (Å²) in [4.78, 5) is 0. The fourth-order valence-electron chi connectivity index (χ4n) is 5.95. The lowest BCUT2D eigenvalue weighted by molar-refractivity contribution is 0.141. The van der Waals surface area contributed by atoms with Gasteiger partial charge in [-0.2, -0.15) is 0 Å². The molecule has 0 radical (unpaired) electrons. The predicted molar refractivity (Wildman–Crippen MR) is 123 cm³/mol. The van der Waals surface area contributed by atoms with E-state index in [4.69, 9.17) is 0 Å². The van der Waals surface area contributed by atoms with Gasteiger partial charge < -0.3 is 0 Å². The van der Waals surface area contributed by atoms with Crippen molar-refractivity contribution in [3.63, 3.8) is 0 Å². The summed E-state index contributed by atoms with van der Waals surface area (Å²) < 4.78 is 39.9. The van der Waals surface area contributed by atoms with Crippen LogP contribution in [0.25, 0.3) is 0 Å². The molecule has 3 heteroatoms. The van der Waals surface area contributed by atoms with Gasteiger partial charge in [-0.1, -0.05) is 57.6 Å². The van der Waals surface area contributed by atoms with Crippen LogP contribution in [0.4, 0.5) is 13.2 Å². The van der Waals surface area contributed by atoms with E-state index in [0.29, 0.717) is 17.9 Å². The number of aryl methyl sites for hydroxylation is 1. The standard InChI is InChI=1S/C28H41F3/c1-2-3-4-5-6-7-8-21-11-15-24(16-12-21)25-17-13-22(14-18-25)9-10-23-19-26(29)28(31)27(30)20-23/h4-5,19-22,24-25H,2-3,6-18H2,1H3/b5-4+/t21-,22-,24-,25-. The van der Waals surface area contributed by atoms with Crippen molar-refractivity contribution in [3.05, 3.63) is 47.3 Å². The number of benzene rings is 1. The highest BCUT2D eigenvalue weighted by Crippen LogP contribution is 2.43. The lowest BCUT2D eigenvalue weighted by atomic mass is 9.68. The molecule has 0 aliphatic heterocycles. The van der Waals surface area contributed by atoms with Crippen molar-refractivity contribution in [2.75, 3.05) is 0 Å². The minimum Gasteiger partial charge on any atom is -0.204 e. The van der Waals surface area contributed by atoms with Gasteiger partial charge in [-0.15, -0.1) is 0 Å². The van der Waals surface area contributed by atoms with Gasteiger partial charge in [0.25, 0.3) is 0 Å². The van der Waals surface area contributed by atoms with Crippen LogP contribution in [0, 0.1) is 41.1 Å². The minimum absolute atomic E-state index is 0.581. The van der Waals surface area contributed by atoms with Crippen molar-refractivity contribution in [1.82, 2.24) is 0 Å². The van der Waals surface area contributed by atoms with Crippen LogP contribution >= 0.6 is 0 Å². The van der Waals surface area contributed by atoms with Crippen LogP contribution in [0.1, 0.15) is 102 Å². The number of halogens is 3. The Bertz CT molecular complexity index is 656. The zero-order valence-corrected chi connectivity index (χ0v) is 19.4. The Morgan fingerprint density at radius 1 is 0.742 bits per heavy atom. The normalized spacial score (nSPS) is 27.1. The molecule has 0 saturated heterocycles. The van der Waals surface area contributed by atoms with Crippen molar-refractivity contribution < 1.29 is 13.2 Å². The van der Waals surface area contributed by atoms with Gasteiger partial charge >= 0.3 is 0 Å². The number of hydrogen-bond acceptors (Lipinski definition) is 0. The molecule has 0 heterocycles. The van der Waals surface area contributed by atoms with Gasteiger partial charge in [0.15, 0.2) is 17.5 Å². The molecular formula is C28H41F3. The summed E-state index contributed by atoms with van der Waals surface area (Å²) >= 11 is 0. The first-order valence-corrected chi connectivity index (χ1v) is 12.8. The monoisotopic (exact) mass is 434 g/mol. The second kappa shape index (κ2) is 12.7. The van der Waals surface area contributed by atoms with E-state index in [0.717, 1.165) is 36.3 Å². The molecule has 0 atom stereocenters. The van der Waals surface area contributed by atoms with E-state index in [1.54, 1.807) is 0 Å². The molecule has 0 unspecified atom stereocenters. The van der Waals surface area contributed by atoms with Crippen LogP contribution in [0.3, 0.4) is 0 Å². The lowest BCUT2D eigenvalue weighted by Crippen LogP contribution is -2.26. The largest absolute Gasteiger partial charge is 0.204 e. The van der Waals surface area contributed by atoms with Crippen LogP contribution in [0.15, 0.2) is 24.3 Å². The Hall–Kier alpha value is -1.25. The predicted octanol–water partition coefficient (Wildman–Crippen LogP) is 9.18. The molecule has 0 spiro atoms. The molecular weight excluding hydrogens is 393 g/mol. The smallest absolute Gasteiger partial charge is 0.194 e. The molecule has 0 bridgehead atoms. The van der Waals surface area contributed by atoms with E-state index in [1.165, 1.54) is 83.5 Å². The zero-order valence-electron chi connectivity index (χ0n) is 19.4. The molecule has 1 aromatic rings. The van der Waals surface area contributed by atoms with Crippen LogP contribution < -0.4 is 0 Å². The van der Waals surface area contributed by atoms with Crippen LogP contribution in [-0.4, -0.2) is 0 Å². The molecule has 0 nitrogen and oxygen atoms in total. The summed E-state index contributed by atoms with van der Waals surface area (Å²) in [6.45, 7) is 2.23. The van der Waals surface area contributed by atoms with Crippen molar-refractivity contribution in [2.45, 2.75) is 103 Å². The van der Waals surface area contributed by atoms with Crippen molar-refractivity contribution in [3.8, 4) is 0 Å². The quantitative estimate of drug-likeness (QED) is 0.196. The summed E-state index contributed by atoms with van der Waals surface area (Å²) in [5.41, 5.74) is 0.581. The molecule has 0 amide bonds. The number of unbranched alkanes of at least 4 members (excludes halogenated alkanes) is 2. The van der Waals surface area contributed by atoms with Crippen LogP contribution in [0.5, 0.6) is 0 Å². The van der Waals surface area contributed by atoms with Crippen molar-refractivity contribution >= 4 is 0 Å². The second-order valence-electron chi connectivity index (χ2n) is 10.2. The highest BCUT2D eigenvalue weighted by atomic mass is 19.2. The fraction of sp³-hybridized carbons (Fsp3) is 0.714. The Morgan fingerprint density at radius 2 is 1.26 bits per heavy atom. The number of hydrogen-bond donors (Lipinski definition) is 0. The molecule has 0 aromatic heterocycles. The van der Waals surface area contributed by atoms with Gasteiger partial charge in [0, 0.05) is 0 Å². The molecule has 3 rings (SSSR count). The molecule has 2 aliphatic carbocycles. The minimum atomic E-state index is -1.36. The van der Waals surface area contributed by atoms with E-state index in [9.17, 15) is 13.2 Å². The van der Waals surface area contributed by atoms with Gasteiger partial charge in [-0.25, -0.2) is 13.2 Å². The average molecular weight is 435 g/mol. The third kappa shape index (κ3) is 7.68. The summed E-state index contributed by atoms with van der Waals surface area (Å²) in [5, 5.41) is 0. The zero-order chi connectivity index (χ0) is 22.1. The SMILES string of the molecule is CCC/C=C/CCC[C@H]1CC[C@H]([C@H]2CC[C@H](CCc3cc(F)c(F)c(F)c3)CC2)CC1. The van der Waals surface area contributed by atoms with Gasteiger partial charge in [0.1, 0.15) is 0 Å². The fourth-order valence-corrected chi connectivity index (χ4v) is 5.95. The molecule has 31 heavy (non-hydrogen) atoms. The second-order valence-corrected chi connectivity index (χ2v) is 10.2. The van der Waals surface area contributed by atoms with Gasteiger partial charge in [0.2, 0.25) is 0 Å². The van der Waals surface area contributed by atoms with Crippen molar-refractivity contribution in [2.24, 2.45) is 23.7 Å². The van der Waals surface area contributed by atoms with Crippen LogP contribution in [0.2, 0.25) is 0 Å². The molecule has 0 N–H and O–H groups in total. The maximum absolute atomic E-state index is 13.4. The van der Waals surface area contributed by atoms with Crippen molar-refractivity contribution in [1.29, 1.82) is 0 Å². The summed E-state index contributed by atoms with van der Waals surface area (Å²) in [7, 11) is 0. The Kier molecular flexibility index (Phi) is 9.99. The van der Waals surface area contributed by atoms with E-state index >= 15 is 0 Å². The molecule has 174 valence electrons. The van der Waals surface area contributed by atoms with E-state index < -0.39 is 17.5 Å². The van der Waals surface area contributed by atoms with Gasteiger partial charge in [0.05, 0.1) is 0 Å². The molecule has 2 fully saturated rings. The Morgan fingerprint density at radius 3 is 1.81 bits per heavy atom. The third-order valence-corrected chi connectivity index (χ3v) is 7.94. The average Bonchev–Trinajstić information content (AvgIpc) is 2.79. The Balaban J connectivity index is 1.31. The lowest BCUT2D eigenvalue weighted by Gasteiger charge is -2.38. The van der Waals surface area contributed by atoms with Gasteiger partial charge in [-0.05, 0) is 99.2 Å². The molecule has 2 saturated carbocycles.